The molecule has 0 unspecified atom stereocenters. The van der Waals surface area contributed by atoms with Gasteiger partial charge < -0.3 is 29.0 Å². The van der Waals surface area contributed by atoms with Gasteiger partial charge in [0.05, 0.1) is 34.1 Å². The second-order valence-corrected chi connectivity index (χ2v) is 7.97. The van der Waals surface area contributed by atoms with Gasteiger partial charge in [-0.25, -0.2) is 4.79 Å². The summed E-state index contributed by atoms with van der Waals surface area (Å²) in [6.45, 7) is 4.10. The lowest BCUT2D eigenvalue weighted by Gasteiger charge is -2.18. The van der Waals surface area contributed by atoms with Crippen LogP contribution in [0.2, 0.25) is 0 Å². The minimum Gasteiger partial charge on any atom is -0.497 e. The molecule has 8 heteroatoms. The maximum Gasteiger partial charge on any atom is 0.342 e. The van der Waals surface area contributed by atoms with Crippen molar-refractivity contribution in [2.75, 3.05) is 33.8 Å². The Balaban J connectivity index is 1.71. The summed E-state index contributed by atoms with van der Waals surface area (Å²) in [5.41, 5.74) is 4.54. The van der Waals surface area contributed by atoms with E-state index in [0.717, 1.165) is 22.3 Å². The van der Waals surface area contributed by atoms with E-state index in [1.807, 2.05) is 19.9 Å². The Kier molecular flexibility index (Phi) is 8.04. The summed E-state index contributed by atoms with van der Waals surface area (Å²) in [5.74, 6) is 1.84. The minimum absolute atomic E-state index is 0.123. The van der Waals surface area contributed by atoms with Crippen molar-refractivity contribution in [3.63, 3.8) is 0 Å². The average molecular weight is 470 g/mol. The van der Waals surface area contributed by atoms with Crippen molar-refractivity contribution in [3.8, 4) is 23.0 Å². The summed E-state index contributed by atoms with van der Waals surface area (Å²) in [5, 5.41) is 2.88. The van der Waals surface area contributed by atoms with E-state index in [1.54, 1.807) is 39.5 Å². The summed E-state index contributed by atoms with van der Waals surface area (Å²) in [6.07, 6.45) is 3.39. The molecular weight excluding hydrogens is 438 g/mol. The summed E-state index contributed by atoms with van der Waals surface area (Å²) >= 11 is 0. The SMILES string of the molecule is COc1ccc(NC(=O)CC/C(C)=C/Cc2c(OC)c(C)c3c(c2OC)C(=O)OC3)c(OC)c1. The Morgan fingerprint density at radius 2 is 1.79 bits per heavy atom. The summed E-state index contributed by atoms with van der Waals surface area (Å²) in [7, 11) is 6.25. The molecule has 0 saturated heterocycles. The van der Waals surface area contributed by atoms with Gasteiger partial charge in [0.25, 0.3) is 0 Å². The van der Waals surface area contributed by atoms with Crippen LogP contribution in [0.5, 0.6) is 23.0 Å². The third kappa shape index (κ3) is 5.11. The van der Waals surface area contributed by atoms with Crippen molar-refractivity contribution in [2.45, 2.75) is 39.7 Å². The molecule has 0 aliphatic carbocycles. The molecule has 1 amide bonds. The minimum atomic E-state index is -0.384. The van der Waals surface area contributed by atoms with Crippen LogP contribution in [0.3, 0.4) is 0 Å². The normalized spacial score (nSPS) is 12.6. The van der Waals surface area contributed by atoms with Gasteiger partial charge in [0.15, 0.2) is 0 Å². The molecule has 1 N–H and O–H groups in total. The van der Waals surface area contributed by atoms with Crippen molar-refractivity contribution in [3.05, 3.63) is 52.1 Å². The van der Waals surface area contributed by atoms with E-state index in [9.17, 15) is 9.59 Å². The van der Waals surface area contributed by atoms with Crippen LogP contribution in [-0.2, 0) is 22.6 Å². The third-order valence-corrected chi connectivity index (χ3v) is 5.91. The molecule has 1 aliphatic heterocycles. The van der Waals surface area contributed by atoms with E-state index in [1.165, 1.54) is 7.11 Å². The number of hydrogen-bond donors (Lipinski definition) is 1. The maximum atomic E-state index is 12.5. The number of amides is 1. The van der Waals surface area contributed by atoms with Crippen LogP contribution in [0, 0.1) is 6.92 Å². The molecule has 0 fully saturated rings. The number of benzene rings is 2. The Morgan fingerprint density at radius 3 is 2.44 bits per heavy atom. The fourth-order valence-electron chi connectivity index (χ4n) is 4.04. The highest BCUT2D eigenvalue weighted by Crippen LogP contribution is 2.42. The highest BCUT2D eigenvalue weighted by atomic mass is 16.5. The molecule has 0 saturated carbocycles. The monoisotopic (exact) mass is 469 g/mol. The molecule has 1 heterocycles. The molecule has 8 nitrogen and oxygen atoms in total. The maximum absolute atomic E-state index is 12.5. The van der Waals surface area contributed by atoms with E-state index < -0.39 is 0 Å². The molecule has 0 aromatic heterocycles. The molecule has 3 rings (SSSR count). The first-order chi connectivity index (χ1) is 16.3. The molecule has 0 radical (unpaired) electrons. The number of allylic oxidation sites excluding steroid dienone is 2. The van der Waals surface area contributed by atoms with Gasteiger partial charge in [-0.05, 0) is 44.4 Å². The number of nitrogens with one attached hydrogen (secondary N) is 1. The smallest absolute Gasteiger partial charge is 0.342 e. The number of anilines is 1. The first-order valence-corrected chi connectivity index (χ1v) is 10.9. The van der Waals surface area contributed by atoms with Gasteiger partial charge in [-0.15, -0.1) is 0 Å². The molecule has 34 heavy (non-hydrogen) atoms. The molecule has 2 aromatic rings. The predicted octanol–water partition coefficient (Wildman–Crippen LogP) is 4.61. The Bertz CT molecular complexity index is 1120. The zero-order chi connectivity index (χ0) is 24.8. The first-order valence-electron chi connectivity index (χ1n) is 10.9. The van der Waals surface area contributed by atoms with Crippen molar-refractivity contribution in [2.24, 2.45) is 0 Å². The first kappa shape index (κ1) is 25.0. The van der Waals surface area contributed by atoms with E-state index >= 15 is 0 Å². The Labute approximate surface area is 199 Å². The van der Waals surface area contributed by atoms with Gasteiger partial charge in [0.1, 0.15) is 35.2 Å². The molecule has 182 valence electrons. The van der Waals surface area contributed by atoms with Gasteiger partial charge in [0, 0.05) is 23.6 Å². The van der Waals surface area contributed by atoms with Crippen LogP contribution in [0.25, 0.3) is 0 Å². The van der Waals surface area contributed by atoms with Gasteiger partial charge >= 0.3 is 5.97 Å². The molecular formula is C26H31NO7. The number of hydrogen-bond acceptors (Lipinski definition) is 7. The summed E-state index contributed by atoms with van der Waals surface area (Å²) < 4.78 is 27.0. The average Bonchev–Trinajstić information content (AvgIpc) is 3.23. The van der Waals surface area contributed by atoms with Crippen molar-refractivity contribution < 1.29 is 33.3 Å². The molecule has 1 aliphatic rings. The van der Waals surface area contributed by atoms with Gasteiger partial charge in [-0.2, -0.15) is 0 Å². The standard InChI is InChI=1S/C26H31NO7/c1-15(8-12-22(28)27-20-11-9-17(30-3)13-21(20)31-4)7-10-18-24(32-5)16(2)19-14-34-26(29)23(19)25(18)33-6/h7,9,11,13H,8,10,12,14H2,1-6H3,(H,27,28)/b15-7+. The summed E-state index contributed by atoms with van der Waals surface area (Å²) in [6, 6.07) is 5.23. The van der Waals surface area contributed by atoms with Crippen LogP contribution in [0.15, 0.2) is 29.8 Å². The number of carbonyl (C=O) groups is 2. The van der Waals surface area contributed by atoms with E-state index in [0.29, 0.717) is 53.5 Å². The van der Waals surface area contributed by atoms with E-state index in [-0.39, 0.29) is 18.5 Å². The third-order valence-electron chi connectivity index (χ3n) is 5.91. The van der Waals surface area contributed by atoms with Gasteiger partial charge in [0.2, 0.25) is 5.91 Å². The zero-order valence-corrected chi connectivity index (χ0v) is 20.5. The number of ether oxygens (including phenoxy) is 5. The van der Waals surface area contributed by atoms with Crippen LogP contribution >= 0.6 is 0 Å². The number of methoxy groups -OCH3 is 4. The number of cyclic esters (lactones) is 1. The highest BCUT2D eigenvalue weighted by Gasteiger charge is 2.32. The van der Waals surface area contributed by atoms with E-state index in [4.69, 9.17) is 23.7 Å². The largest absolute Gasteiger partial charge is 0.497 e. The lowest BCUT2D eigenvalue weighted by molar-refractivity contribution is -0.116. The second-order valence-electron chi connectivity index (χ2n) is 7.97. The Morgan fingerprint density at radius 1 is 1.06 bits per heavy atom. The topological polar surface area (TPSA) is 92.3 Å². The van der Waals surface area contributed by atoms with Crippen molar-refractivity contribution in [1.82, 2.24) is 0 Å². The van der Waals surface area contributed by atoms with Crippen LogP contribution in [-0.4, -0.2) is 40.3 Å². The molecule has 0 atom stereocenters. The fourth-order valence-corrected chi connectivity index (χ4v) is 4.04. The van der Waals surface area contributed by atoms with Crippen LogP contribution < -0.4 is 24.3 Å². The highest BCUT2D eigenvalue weighted by molar-refractivity contribution is 5.98. The van der Waals surface area contributed by atoms with Crippen molar-refractivity contribution in [1.29, 1.82) is 0 Å². The molecule has 0 spiro atoms. The number of esters is 1. The van der Waals surface area contributed by atoms with Crippen LogP contribution in [0.1, 0.15) is 46.8 Å². The fraction of sp³-hybridized carbons (Fsp3) is 0.385. The Hall–Kier alpha value is -3.68. The molecule has 2 aromatic carbocycles. The quantitative estimate of drug-likeness (QED) is 0.401. The number of fused-ring (bicyclic) bond motifs is 1. The van der Waals surface area contributed by atoms with Gasteiger partial charge in [-0.3, -0.25) is 4.79 Å². The van der Waals surface area contributed by atoms with Gasteiger partial charge in [-0.1, -0.05) is 11.6 Å². The lowest BCUT2D eigenvalue weighted by atomic mass is 9.94. The zero-order valence-electron chi connectivity index (χ0n) is 20.5. The number of carbonyl (C=O) groups excluding carboxylic acids is 2. The van der Waals surface area contributed by atoms with E-state index in [2.05, 4.69) is 5.32 Å². The molecule has 0 bridgehead atoms. The second kappa shape index (κ2) is 11.0. The predicted molar refractivity (Wildman–Crippen MR) is 128 cm³/mol. The van der Waals surface area contributed by atoms with Crippen molar-refractivity contribution >= 4 is 17.6 Å². The summed E-state index contributed by atoms with van der Waals surface area (Å²) in [4.78, 5) is 24.8. The lowest BCUT2D eigenvalue weighted by Crippen LogP contribution is -2.12. The van der Waals surface area contributed by atoms with Crippen LogP contribution in [0.4, 0.5) is 5.69 Å². The number of rotatable bonds is 10.